The van der Waals surface area contributed by atoms with E-state index in [-0.39, 0.29) is 0 Å². The minimum atomic E-state index is 0.519. The fourth-order valence-corrected chi connectivity index (χ4v) is 3.22. The predicted molar refractivity (Wildman–Crippen MR) is 71.8 cm³/mol. The van der Waals surface area contributed by atoms with Gasteiger partial charge in [0.25, 0.3) is 0 Å². The van der Waals surface area contributed by atoms with Crippen LogP contribution in [0, 0.1) is 11.3 Å². The molecule has 2 unspecified atom stereocenters. The van der Waals surface area contributed by atoms with Crippen molar-refractivity contribution in [3.63, 3.8) is 0 Å². The van der Waals surface area contributed by atoms with Gasteiger partial charge in [0.1, 0.15) is 0 Å². The Morgan fingerprint density at radius 3 is 2.56 bits per heavy atom. The van der Waals surface area contributed by atoms with Crippen molar-refractivity contribution in [2.24, 2.45) is 11.3 Å². The van der Waals surface area contributed by atoms with Crippen LogP contribution in [0.4, 0.5) is 0 Å². The normalized spacial score (nSPS) is 31.3. The van der Waals surface area contributed by atoms with Crippen LogP contribution in [0.3, 0.4) is 0 Å². The number of nitrogens with zero attached hydrogens (tertiary/aromatic N) is 1. The summed E-state index contributed by atoms with van der Waals surface area (Å²) in [4.78, 5) is 2.36. The van der Waals surface area contributed by atoms with Gasteiger partial charge in [-0.15, -0.1) is 0 Å². The molecule has 0 spiro atoms. The van der Waals surface area contributed by atoms with Crippen LogP contribution in [0.15, 0.2) is 0 Å². The minimum absolute atomic E-state index is 0.519. The highest BCUT2D eigenvalue weighted by Gasteiger charge is 2.35. The Balaban J connectivity index is 2.59. The van der Waals surface area contributed by atoms with Gasteiger partial charge in [-0.3, -0.25) is 0 Å². The Morgan fingerprint density at radius 1 is 1.38 bits per heavy atom. The third kappa shape index (κ3) is 4.42. The molecule has 16 heavy (non-hydrogen) atoms. The molecule has 0 saturated heterocycles. The molecule has 2 nitrogen and oxygen atoms in total. The second-order valence-corrected chi connectivity index (χ2v) is 6.47. The van der Waals surface area contributed by atoms with Gasteiger partial charge in [-0.05, 0) is 38.3 Å². The van der Waals surface area contributed by atoms with Crippen molar-refractivity contribution in [1.29, 1.82) is 0 Å². The number of hydrogen-bond acceptors (Lipinski definition) is 2. The molecule has 1 rings (SSSR count). The molecule has 1 saturated carbocycles. The van der Waals surface area contributed by atoms with E-state index < -0.39 is 0 Å². The maximum Gasteiger partial charge on any atom is 0.00441 e. The van der Waals surface area contributed by atoms with Crippen LogP contribution in [0.25, 0.3) is 0 Å². The molecule has 0 aromatic carbocycles. The first-order valence-corrected chi connectivity index (χ1v) is 6.82. The van der Waals surface area contributed by atoms with E-state index in [4.69, 9.17) is 0 Å². The van der Waals surface area contributed by atoms with Crippen LogP contribution in [-0.4, -0.2) is 38.1 Å². The van der Waals surface area contributed by atoms with Crippen LogP contribution in [-0.2, 0) is 0 Å². The molecule has 2 heteroatoms. The van der Waals surface area contributed by atoms with Crippen molar-refractivity contribution in [3.05, 3.63) is 0 Å². The molecule has 0 aliphatic heterocycles. The van der Waals surface area contributed by atoms with E-state index in [2.05, 4.69) is 45.1 Å². The predicted octanol–water partition coefficient (Wildman–Crippen LogP) is 2.74. The van der Waals surface area contributed by atoms with Gasteiger partial charge >= 0.3 is 0 Å². The molecule has 1 aliphatic carbocycles. The van der Waals surface area contributed by atoms with Gasteiger partial charge in [0.2, 0.25) is 0 Å². The van der Waals surface area contributed by atoms with Gasteiger partial charge < -0.3 is 10.2 Å². The lowest BCUT2D eigenvalue weighted by Gasteiger charge is -2.42. The average molecular weight is 226 g/mol. The standard InChI is InChI=1S/C14H30N2/c1-12(2)15-10-14(11-16(4)5)8-6-7-13(3)9-14/h12-13,15H,6-11H2,1-5H3. The average Bonchev–Trinajstić information content (AvgIpc) is 2.13. The summed E-state index contributed by atoms with van der Waals surface area (Å²) in [5, 5.41) is 3.66. The van der Waals surface area contributed by atoms with Gasteiger partial charge in [0, 0.05) is 19.1 Å². The molecule has 0 bridgehead atoms. The highest BCUT2D eigenvalue weighted by Crippen LogP contribution is 2.39. The largest absolute Gasteiger partial charge is 0.314 e. The molecule has 1 aliphatic rings. The molecule has 96 valence electrons. The smallest absolute Gasteiger partial charge is 0.00441 e. The van der Waals surface area contributed by atoms with Crippen LogP contribution < -0.4 is 5.32 Å². The molecule has 0 aromatic heterocycles. The SMILES string of the molecule is CC1CCCC(CNC(C)C)(CN(C)C)C1. The molecular formula is C14H30N2. The van der Waals surface area contributed by atoms with E-state index in [0.29, 0.717) is 11.5 Å². The second kappa shape index (κ2) is 6.02. The maximum absolute atomic E-state index is 3.66. The summed E-state index contributed by atoms with van der Waals surface area (Å²) in [6.07, 6.45) is 5.63. The molecule has 0 heterocycles. The van der Waals surface area contributed by atoms with Gasteiger partial charge in [0.15, 0.2) is 0 Å². The topological polar surface area (TPSA) is 15.3 Å². The quantitative estimate of drug-likeness (QED) is 0.775. The Labute approximate surface area is 102 Å². The fourth-order valence-electron chi connectivity index (χ4n) is 3.22. The van der Waals surface area contributed by atoms with Crippen LogP contribution in [0.2, 0.25) is 0 Å². The van der Waals surface area contributed by atoms with Crippen molar-refractivity contribution in [1.82, 2.24) is 10.2 Å². The number of nitrogens with one attached hydrogen (secondary N) is 1. The molecular weight excluding hydrogens is 196 g/mol. The summed E-state index contributed by atoms with van der Waals surface area (Å²) in [6.45, 7) is 9.33. The van der Waals surface area contributed by atoms with E-state index in [0.717, 1.165) is 5.92 Å². The third-order valence-corrected chi connectivity index (χ3v) is 3.72. The molecule has 0 aromatic rings. The zero-order chi connectivity index (χ0) is 12.2. The van der Waals surface area contributed by atoms with Crippen LogP contribution >= 0.6 is 0 Å². The summed E-state index contributed by atoms with van der Waals surface area (Å²) in [5.41, 5.74) is 0.519. The highest BCUT2D eigenvalue weighted by molar-refractivity contribution is 4.89. The van der Waals surface area contributed by atoms with Crippen molar-refractivity contribution >= 4 is 0 Å². The number of hydrogen-bond donors (Lipinski definition) is 1. The summed E-state index contributed by atoms with van der Waals surface area (Å²) in [6, 6.07) is 0.608. The van der Waals surface area contributed by atoms with E-state index in [9.17, 15) is 0 Å². The minimum Gasteiger partial charge on any atom is -0.314 e. The maximum atomic E-state index is 3.66. The summed E-state index contributed by atoms with van der Waals surface area (Å²) in [7, 11) is 4.41. The lowest BCUT2D eigenvalue weighted by molar-refractivity contribution is 0.0998. The third-order valence-electron chi connectivity index (χ3n) is 3.72. The lowest BCUT2D eigenvalue weighted by atomic mass is 9.69. The first-order valence-electron chi connectivity index (χ1n) is 6.82. The van der Waals surface area contributed by atoms with Gasteiger partial charge in [0.05, 0.1) is 0 Å². The molecule has 0 amide bonds. The molecule has 0 radical (unpaired) electrons. The monoisotopic (exact) mass is 226 g/mol. The first-order chi connectivity index (χ1) is 7.43. The Bertz CT molecular complexity index is 197. The molecule has 1 fully saturated rings. The van der Waals surface area contributed by atoms with Crippen molar-refractivity contribution < 1.29 is 0 Å². The van der Waals surface area contributed by atoms with E-state index in [1.165, 1.54) is 38.8 Å². The number of rotatable bonds is 5. The zero-order valence-corrected chi connectivity index (χ0v) is 11.8. The Kier molecular flexibility index (Phi) is 5.26. The fraction of sp³-hybridized carbons (Fsp3) is 1.00. The van der Waals surface area contributed by atoms with Gasteiger partial charge in [-0.1, -0.05) is 33.6 Å². The Hall–Kier alpha value is -0.0800. The van der Waals surface area contributed by atoms with E-state index in [1.54, 1.807) is 0 Å². The van der Waals surface area contributed by atoms with Crippen LogP contribution in [0.5, 0.6) is 0 Å². The van der Waals surface area contributed by atoms with Gasteiger partial charge in [-0.25, -0.2) is 0 Å². The summed E-state index contributed by atoms with van der Waals surface area (Å²) < 4.78 is 0. The van der Waals surface area contributed by atoms with Crippen LogP contribution in [0.1, 0.15) is 46.5 Å². The molecule has 1 N–H and O–H groups in total. The Morgan fingerprint density at radius 2 is 2.06 bits per heavy atom. The van der Waals surface area contributed by atoms with Crippen molar-refractivity contribution in [2.45, 2.75) is 52.5 Å². The lowest BCUT2D eigenvalue weighted by Crippen LogP contribution is -2.46. The van der Waals surface area contributed by atoms with Crippen molar-refractivity contribution in [3.8, 4) is 0 Å². The summed E-state index contributed by atoms with van der Waals surface area (Å²) in [5.74, 6) is 0.905. The zero-order valence-electron chi connectivity index (χ0n) is 11.8. The first kappa shape index (κ1) is 14.0. The molecule has 2 atom stereocenters. The van der Waals surface area contributed by atoms with Crippen molar-refractivity contribution in [2.75, 3.05) is 27.2 Å². The van der Waals surface area contributed by atoms with E-state index >= 15 is 0 Å². The second-order valence-electron chi connectivity index (χ2n) is 6.47. The van der Waals surface area contributed by atoms with E-state index in [1.807, 2.05) is 0 Å². The van der Waals surface area contributed by atoms with Gasteiger partial charge in [-0.2, -0.15) is 0 Å². The highest BCUT2D eigenvalue weighted by atomic mass is 15.1. The summed E-state index contributed by atoms with van der Waals surface area (Å²) >= 11 is 0.